The first kappa shape index (κ1) is 19.2. The van der Waals surface area contributed by atoms with Gasteiger partial charge in [0.1, 0.15) is 5.82 Å². The molecule has 0 spiro atoms. The molecule has 33 heavy (non-hydrogen) atoms. The van der Waals surface area contributed by atoms with Crippen molar-refractivity contribution in [1.29, 1.82) is 0 Å². The van der Waals surface area contributed by atoms with E-state index in [1.807, 2.05) is 36.5 Å². The number of hydrogen-bond acceptors (Lipinski definition) is 2. The summed E-state index contributed by atoms with van der Waals surface area (Å²) in [4.78, 5) is 9.75. The van der Waals surface area contributed by atoms with Crippen LogP contribution in [-0.4, -0.2) is 14.5 Å². The van der Waals surface area contributed by atoms with Crippen molar-refractivity contribution in [3.63, 3.8) is 0 Å². The molecule has 6 rings (SSSR count). The Labute approximate surface area is 192 Å². The van der Waals surface area contributed by atoms with E-state index in [4.69, 9.17) is 9.97 Å². The molecule has 3 nitrogen and oxygen atoms in total. The highest BCUT2D eigenvalue weighted by Gasteiger charge is 2.14. The zero-order valence-electron chi connectivity index (χ0n) is 18.0. The van der Waals surface area contributed by atoms with Crippen LogP contribution in [0, 0.1) is 0 Å². The number of fused-ring (bicyclic) bond motifs is 1. The van der Waals surface area contributed by atoms with E-state index in [0.717, 1.165) is 44.9 Å². The van der Waals surface area contributed by atoms with Crippen molar-refractivity contribution in [3.8, 4) is 39.5 Å². The minimum Gasteiger partial charge on any atom is -0.292 e. The zero-order valence-corrected chi connectivity index (χ0v) is 18.0. The van der Waals surface area contributed by atoms with Crippen molar-refractivity contribution in [1.82, 2.24) is 14.5 Å². The van der Waals surface area contributed by atoms with Crippen molar-refractivity contribution in [2.24, 2.45) is 0 Å². The van der Waals surface area contributed by atoms with Gasteiger partial charge in [-0.3, -0.25) is 9.55 Å². The molecule has 156 valence electrons. The molecule has 2 heterocycles. The minimum absolute atomic E-state index is 0.921. The second-order valence-electron chi connectivity index (χ2n) is 7.97. The standard InChI is InChI=1S/C30H21N3/c1-3-10-22(11-4-1)25-18-19-27(31-21-25)23-12-9-13-24(20-23)30-32-28-16-7-8-17-29(28)33(30)26-14-5-2-6-15-26/h1-21H. The third-order valence-corrected chi connectivity index (χ3v) is 5.86. The summed E-state index contributed by atoms with van der Waals surface area (Å²) in [6.07, 6.45) is 1.94. The van der Waals surface area contributed by atoms with Gasteiger partial charge in [-0.1, -0.05) is 84.9 Å². The maximum absolute atomic E-state index is 4.99. The third kappa shape index (κ3) is 3.60. The molecule has 0 N–H and O–H groups in total. The van der Waals surface area contributed by atoms with Crippen LogP contribution in [0.25, 0.3) is 50.5 Å². The Balaban J connectivity index is 1.44. The number of aromatic nitrogens is 3. The molecule has 0 aliphatic heterocycles. The van der Waals surface area contributed by atoms with Crippen LogP contribution in [-0.2, 0) is 0 Å². The fourth-order valence-electron chi connectivity index (χ4n) is 4.24. The SMILES string of the molecule is c1ccc(-c2ccc(-c3cccc(-c4nc5ccccc5n4-c4ccccc4)c3)nc2)cc1. The Morgan fingerprint density at radius 2 is 1.21 bits per heavy atom. The Morgan fingerprint density at radius 1 is 0.515 bits per heavy atom. The summed E-state index contributed by atoms with van der Waals surface area (Å²) in [5.74, 6) is 0.921. The fraction of sp³-hybridized carbons (Fsp3) is 0. The summed E-state index contributed by atoms with van der Waals surface area (Å²) < 4.78 is 2.22. The Hall–Kier alpha value is -4.50. The first-order valence-electron chi connectivity index (χ1n) is 11.0. The molecule has 0 saturated heterocycles. The lowest BCUT2D eigenvalue weighted by molar-refractivity contribution is 1.10. The van der Waals surface area contributed by atoms with Crippen LogP contribution in [0.1, 0.15) is 0 Å². The Bertz CT molecular complexity index is 1530. The van der Waals surface area contributed by atoms with Crippen molar-refractivity contribution in [2.45, 2.75) is 0 Å². The second kappa shape index (κ2) is 8.21. The summed E-state index contributed by atoms with van der Waals surface area (Å²) in [6.45, 7) is 0. The van der Waals surface area contributed by atoms with Gasteiger partial charge in [0.15, 0.2) is 0 Å². The molecular weight excluding hydrogens is 402 g/mol. The fourth-order valence-corrected chi connectivity index (χ4v) is 4.24. The summed E-state index contributed by atoms with van der Waals surface area (Å²) in [5, 5.41) is 0. The smallest absolute Gasteiger partial charge is 0.145 e. The van der Waals surface area contributed by atoms with Crippen molar-refractivity contribution in [2.75, 3.05) is 0 Å². The number of nitrogens with zero attached hydrogens (tertiary/aromatic N) is 3. The van der Waals surface area contributed by atoms with Gasteiger partial charge in [0.05, 0.1) is 16.7 Å². The molecule has 0 bridgehead atoms. The molecule has 0 saturated carbocycles. The molecule has 4 aromatic carbocycles. The van der Waals surface area contributed by atoms with E-state index in [0.29, 0.717) is 0 Å². The quantitative estimate of drug-likeness (QED) is 0.295. The number of rotatable bonds is 4. The van der Waals surface area contributed by atoms with Crippen LogP contribution in [0.5, 0.6) is 0 Å². The molecule has 0 atom stereocenters. The molecule has 2 aromatic heterocycles. The van der Waals surface area contributed by atoms with Gasteiger partial charge in [-0.2, -0.15) is 0 Å². The van der Waals surface area contributed by atoms with Crippen LogP contribution in [0.4, 0.5) is 0 Å². The van der Waals surface area contributed by atoms with Gasteiger partial charge >= 0.3 is 0 Å². The van der Waals surface area contributed by atoms with E-state index in [1.54, 1.807) is 0 Å². The molecule has 3 heteroatoms. The van der Waals surface area contributed by atoms with Crippen LogP contribution in [0.3, 0.4) is 0 Å². The van der Waals surface area contributed by atoms with E-state index < -0.39 is 0 Å². The lowest BCUT2D eigenvalue weighted by atomic mass is 10.0. The van der Waals surface area contributed by atoms with E-state index >= 15 is 0 Å². The zero-order chi connectivity index (χ0) is 22.0. The lowest BCUT2D eigenvalue weighted by Crippen LogP contribution is -1.97. The van der Waals surface area contributed by atoms with Gasteiger partial charge in [0, 0.05) is 28.6 Å². The molecule has 0 fully saturated rings. The van der Waals surface area contributed by atoms with Gasteiger partial charge in [-0.25, -0.2) is 4.98 Å². The van der Waals surface area contributed by atoms with Gasteiger partial charge in [0.2, 0.25) is 0 Å². The number of imidazole rings is 1. The third-order valence-electron chi connectivity index (χ3n) is 5.86. The summed E-state index contributed by atoms with van der Waals surface area (Å²) in [7, 11) is 0. The predicted molar refractivity (Wildman–Crippen MR) is 135 cm³/mol. The van der Waals surface area contributed by atoms with Gasteiger partial charge in [0.25, 0.3) is 0 Å². The van der Waals surface area contributed by atoms with E-state index in [2.05, 4.69) is 95.6 Å². The molecule has 0 aliphatic rings. The topological polar surface area (TPSA) is 30.7 Å². The minimum atomic E-state index is 0.921. The summed E-state index contributed by atoms with van der Waals surface area (Å²) in [6, 6.07) is 41.7. The Morgan fingerprint density at radius 3 is 2.00 bits per heavy atom. The normalized spacial score (nSPS) is 11.0. The number of pyridine rings is 1. The maximum Gasteiger partial charge on any atom is 0.145 e. The number of benzene rings is 4. The molecule has 0 unspecified atom stereocenters. The predicted octanol–water partition coefficient (Wildman–Crippen LogP) is 7.42. The van der Waals surface area contributed by atoms with Crippen LogP contribution >= 0.6 is 0 Å². The first-order valence-corrected chi connectivity index (χ1v) is 11.0. The van der Waals surface area contributed by atoms with Crippen LogP contribution in [0.15, 0.2) is 128 Å². The van der Waals surface area contributed by atoms with Gasteiger partial charge < -0.3 is 0 Å². The van der Waals surface area contributed by atoms with E-state index in [-0.39, 0.29) is 0 Å². The second-order valence-corrected chi connectivity index (χ2v) is 7.97. The molecule has 0 radical (unpaired) electrons. The lowest BCUT2D eigenvalue weighted by Gasteiger charge is -2.11. The average Bonchev–Trinajstić information content (AvgIpc) is 3.30. The highest BCUT2D eigenvalue weighted by atomic mass is 15.1. The summed E-state index contributed by atoms with van der Waals surface area (Å²) >= 11 is 0. The van der Waals surface area contributed by atoms with E-state index in [1.165, 1.54) is 5.56 Å². The Kier molecular flexibility index (Phi) is 4.78. The first-order chi connectivity index (χ1) is 16.4. The molecule has 0 aliphatic carbocycles. The molecular formula is C30H21N3. The van der Waals surface area contributed by atoms with Crippen LogP contribution < -0.4 is 0 Å². The highest BCUT2D eigenvalue weighted by molar-refractivity contribution is 5.84. The largest absolute Gasteiger partial charge is 0.292 e. The van der Waals surface area contributed by atoms with Gasteiger partial charge in [-0.05, 0) is 42.0 Å². The average molecular weight is 424 g/mol. The molecule has 6 aromatic rings. The van der Waals surface area contributed by atoms with Gasteiger partial charge in [-0.15, -0.1) is 0 Å². The van der Waals surface area contributed by atoms with Crippen LogP contribution in [0.2, 0.25) is 0 Å². The monoisotopic (exact) mass is 423 g/mol. The number of hydrogen-bond donors (Lipinski definition) is 0. The number of para-hydroxylation sites is 3. The van der Waals surface area contributed by atoms with Crippen molar-refractivity contribution in [3.05, 3.63) is 128 Å². The summed E-state index contributed by atoms with van der Waals surface area (Å²) in [5.41, 5.74) is 8.51. The van der Waals surface area contributed by atoms with E-state index in [9.17, 15) is 0 Å². The maximum atomic E-state index is 4.99. The van der Waals surface area contributed by atoms with Crippen molar-refractivity contribution < 1.29 is 0 Å². The van der Waals surface area contributed by atoms with Crippen molar-refractivity contribution >= 4 is 11.0 Å². The highest BCUT2D eigenvalue weighted by Crippen LogP contribution is 2.31. The molecule has 0 amide bonds.